The van der Waals surface area contributed by atoms with Crippen molar-refractivity contribution in [3.8, 4) is 11.1 Å². The molecule has 0 aliphatic carbocycles. The van der Waals surface area contributed by atoms with Gasteiger partial charge in [-0.1, -0.05) is 78.4 Å². The molecule has 40 heavy (non-hydrogen) atoms. The van der Waals surface area contributed by atoms with E-state index >= 15 is 0 Å². The minimum atomic E-state index is -0.953. The Bertz CT molecular complexity index is 1780. The lowest BCUT2D eigenvalue weighted by molar-refractivity contribution is -0.124. The van der Waals surface area contributed by atoms with Crippen molar-refractivity contribution in [2.75, 3.05) is 6.61 Å². The van der Waals surface area contributed by atoms with Crippen molar-refractivity contribution in [2.45, 2.75) is 46.2 Å². The first-order chi connectivity index (χ1) is 19.1. The summed E-state index contributed by atoms with van der Waals surface area (Å²) in [6.45, 7) is 9.64. The van der Waals surface area contributed by atoms with Crippen LogP contribution in [0, 0.1) is 6.92 Å². The molecule has 5 aromatic rings. The summed E-state index contributed by atoms with van der Waals surface area (Å²) in [6.07, 6.45) is 0. The van der Waals surface area contributed by atoms with E-state index in [1.165, 1.54) is 0 Å². The average Bonchev–Trinajstić information content (AvgIpc) is 3.33. The number of carbonyl (C=O) groups is 2. The Balaban J connectivity index is 1.93. The Morgan fingerprint density at radius 1 is 0.950 bits per heavy atom. The van der Waals surface area contributed by atoms with Gasteiger partial charge in [0.05, 0.1) is 23.0 Å². The molecular weight excluding hydrogens is 502 g/mol. The number of hydrogen-bond acceptors (Lipinski definition) is 4. The van der Waals surface area contributed by atoms with Crippen LogP contribution in [0.3, 0.4) is 0 Å². The van der Waals surface area contributed by atoms with Gasteiger partial charge >= 0.3 is 5.97 Å². The Labute approximate surface area is 232 Å². The summed E-state index contributed by atoms with van der Waals surface area (Å²) in [5.41, 5.74) is 3.28. The Kier molecular flexibility index (Phi) is 7.06. The number of H-pyrrole nitrogens is 1. The predicted molar refractivity (Wildman–Crippen MR) is 159 cm³/mol. The van der Waals surface area contributed by atoms with Crippen molar-refractivity contribution < 1.29 is 14.3 Å². The van der Waals surface area contributed by atoms with Crippen LogP contribution in [0.2, 0.25) is 0 Å². The van der Waals surface area contributed by atoms with Crippen LogP contribution in [-0.2, 0) is 9.53 Å². The smallest absolute Gasteiger partial charge is 0.355 e. The van der Waals surface area contributed by atoms with Crippen molar-refractivity contribution in [1.29, 1.82) is 0 Å². The van der Waals surface area contributed by atoms with Gasteiger partial charge in [0.15, 0.2) is 0 Å². The SMILES string of the molecule is CCOC(=O)c1[nH]c2c(c1-c1ccccc1)c(=O)n(C(C(=O)NC(C)(C)C)c1ccc(C)cc1)c1ccccc21. The molecule has 7 nitrogen and oxygen atoms in total. The molecule has 5 rings (SSSR count). The van der Waals surface area contributed by atoms with Crippen molar-refractivity contribution in [3.63, 3.8) is 0 Å². The minimum absolute atomic E-state index is 0.190. The summed E-state index contributed by atoms with van der Waals surface area (Å²) in [7, 11) is 0. The van der Waals surface area contributed by atoms with Gasteiger partial charge < -0.3 is 15.0 Å². The van der Waals surface area contributed by atoms with Crippen molar-refractivity contribution in [3.05, 3.63) is 106 Å². The second-order valence-electron chi connectivity index (χ2n) is 11.0. The molecule has 7 heteroatoms. The molecule has 2 heterocycles. The molecule has 1 unspecified atom stereocenters. The fourth-order valence-electron chi connectivity index (χ4n) is 5.15. The number of carbonyl (C=O) groups excluding carboxylic acids is 2. The van der Waals surface area contributed by atoms with Crippen LogP contribution >= 0.6 is 0 Å². The zero-order valence-corrected chi connectivity index (χ0v) is 23.4. The number of nitrogens with one attached hydrogen (secondary N) is 2. The predicted octanol–water partition coefficient (Wildman–Crippen LogP) is 6.14. The van der Waals surface area contributed by atoms with Gasteiger partial charge in [-0.2, -0.15) is 0 Å². The van der Waals surface area contributed by atoms with Crippen LogP contribution in [0.5, 0.6) is 0 Å². The van der Waals surface area contributed by atoms with E-state index in [4.69, 9.17) is 4.74 Å². The number of nitrogens with zero attached hydrogens (tertiary/aromatic N) is 1. The number of amides is 1. The summed E-state index contributed by atoms with van der Waals surface area (Å²) in [5, 5.41) is 4.12. The Morgan fingerprint density at radius 3 is 2.25 bits per heavy atom. The molecule has 1 atom stereocenters. The molecule has 0 fully saturated rings. The van der Waals surface area contributed by atoms with E-state index in [-0.39, 0.29) is 23.8 Å². The average molecular weight is 536 g/mol. The zero-order chi connectivity index (χ0) is 28.6. The minimum Gasteiger partial charge on any atom is -0.461 e. The maximum Gasteiger partial charge on any atom is 0.355 e. The number of benzene rings is 3. The largest absolute Gasteiger partial charge is 0.461 e. The second-order valence-corrected chi connectivity index (χ2v) is 11.0. The Hall–Kier alpha value is -4.65. The fourth-order valence-corrected chi connectivity index (χ4v) is 5.15. The van der Waals surface area contributed by atoms with Gasteiger partial charge in [-0.3, -0.25) is 14.2 Å². The summed E-state index contributed by atoms with van der Waals surface area (Å²) in [5.74, 6) is -0.849. The summed E-state index contributed by atoms with van der Waals surface area (Å²) >= 11 is 0. The maximum atomic E-state index is 14.7. The highest BCUT2D eigenvalue weighted by Gasteiger charge is 2.32. The molecule has 204 valence electrons. The number of para-hydroxylation sites is 1. The van der Waals surface area contributed by atoms with Crippen LogP contribution in [0.4, 0.5) is 0 Å². The van der Waals surface area contributed by atoms with E-state index in [1.54, 1.807) is 11.5 Å². The number of ether oxygens (including phenoxy) is 1. The third-order valence-electron chi connectivity index (χ3n) is 6.81. The molecule has 0 radical (unpaired) electrons. The number of aromatic amines is 1. The van der Waals surface area contributed by atoms with Gasteiger partial charge in [-0.15, -0.1) is 0 Å². The fraction of sp³-hybridized carbons (Fsp3) is 0.242. The summed E-state index contributed by atoms with van der Waals surface area (Å²) < 4.78 is 6.93. The molecule has 0 saturated carbocycles. The van der Waals surface area contributed by atoms with Crippen molar-refractivity contribution in [1.82, 2.24) is 14.9 Å². The van der Waals surface area contributed by atoms with Crippen molar-refractivity contribution >= 4 is 33.7 Å². The number of pyridine rings is 1. The normalized spacial score (nSPS) is 12.4. The van der Waals surface area contributed by atoms with E-state index < -0.39 is 17.6 Å². The number of aryl methyl sites for hydroxylation is 1. The molecule has 0 spiro atoms. The highest BCUT2D eigenvalue weighted by atomic mass is 16.5. The van der Waals surface area contributed by atoms with Crippen LogP contribution in [-0.4, -0.2) is 33.6 Å². The highest BCUT2D eigenvalue weighted by molar-refractivity contribution is 6.15. The maximum absolute atomic E-state index is 14.7. The number of rotatable bonds is 6. The molecule has 1 amide bonds. The third-order valence-corrected chi connectivity index (χ3v) is 6.81. The Morgan fingerprint density at radius 2 is 1.60 bits per heavy atom. The van der Waals surface area contributed by atoms with Gasteiger partial charge in [-0.25, -0.2) is 4.79 Å². The lowest BCUT2D eigenvalue weighted by Gasteiger charge is -2.27. The molecular formula is C33H33N3O4. The van der Waals surface area contributed by atoms with E-state index in [2.05, 4.69) is 10.3 Å². The van der Waals surface area contributed by atoms with Gasteiger partial charge in [-0.05, 0) is 51.8 Å². The van der Waals surface area contributed by atoms with E-state index in [1.807, 2.05) is 107 Å². The monoisotopic (exact) mass is 535 g/mol. The van der Waals surface area contributed by atoms with Gasteiger partial charge in [0.1, 0.15) is 11.7 Å². The van der Waals surface area contributed by atoms with E-state index in [0.29, 0.717) is 38.5 Å². The molecule has 0 aliphatic heterocycles. The first-order valence-electron chi connectivity index (χ1n) is 13.4. The second kappa shape index (κ2) is 10.5. The zero-order valence-electron chi connectivity index (χ0n) is 23.4. The number of fused-ring (bicyclic) bond motifs is 3. The standard InChI is InChI=1S/C33H33N3O4/c1-6-40-32(39)28-25(21-12-8-7-9-13-21)26-27(34-28)23-14-10-11-15-24(23)36(31(26)38)29(30(37)35-33(3,4)5)22-18-16-20(2)17-19-22/h7-19,29,34H,6H2,1-5H3,(H,35,37). The molecule has 0 bridgehead atoms. The molecule has 2 N–H and O–H groups in total. The van der Waals surface area contributed by atoms with Gasteiger partial charge in [0.25, 0.3) is 5.56 Å². The lowest BCUT2D eigenvalue weighted by Crippen LogP contribution is -2.46. The number of aromatic nitrogens is 2. The molecule has 0 aliphatic rings. The third kappa shape index (κ3) is 4.91. The molecule has 3 aromatic carbocycles. The molecule has 0 saturated heterocycles. The van der Waals surface area contributed by atoms with Crippen LogP contribution in [0.1, 0.15) is 55.4 Å². The van der Waals surface area contributed by atoms with Crippen LogP contribution in [0.25, 0.3) is 32.9 Å². The van der Waals surface area contributed by atoms with Gasteiger partial charge in [0.2, 0.25) is 5.91 Å². The van der Waals surface area contributed by atoms with Crippen LogP contribution < -0.4 is 10.9 Å². The number of esters is 1. The topological polar surface area (TPSA) is 93.2 Å². The quantitative estimate of drug-likeness (QED) is 0.256. The van der Waals surface area contributed by atoms with Crippen molar-refractivity contribution in [2.24, 2.45) is 0 Å². The molecule has 2 aromatic heterocycles. The number of hydrogen-bond donors (Lipinski definition) is 2. The summed E-state index contributed by atoms with van der Waals surface area (Å²) in [4.78, 5) is 45.1. The van der Waals surface area contributed by atoms with E-state index in [0.717, 1.165) is 5.56 Å². The highest BCUT2D eigenvalue weighted by Crippen LogP contribution is 2.36. The van der Waals surface area contributed by atoms with Crippen LogP contribution in [0.15, 0.2) is 83.7 Å². The first kappa shape index (κ1) is 26.9. The first-order valence-corrected chi connectivity index (χ1v) is 13.4. The summed E-state index contributed by atoms with van der Waals surface area (Å²) in [6, 6.07) is 23.4. The van der Waals surface area contributed by atoms with Gasteiger partial charge in [0, 0.05) is 16.5 Å². The van der Waals surface area contributed by atoms with E-state index in [9.17, 15) is 14.4 Å². The lowest BCUT2D eigenvalue weighted by atomic mass is 9.98.